The van der Waals surface area contributed by atoms with Crippen LogP contribution in [0.15, 0.2) is 0 Å². The maximum Gasteiger partial charge on any atom is 0.100 e. The van der Waals surface area contributed by atoms with Crippen LogP contribution < -0.4 is 0 Å². The first-order chi connectivity index (χ1) is 11.2. The lowest BCUT2D eigenvalue weighted by Crippen LogP contribution is -2.15. The van der Waals surface area contributed by atoms with Crippen LogP contribution in [0.3, 0.4) is 0 Å². The quantitative estimate of drug-likeness (QED) is 0.372. The molecule has 4 heteroatoms. The van der Waals surface area contributed by atoms with Gasteiger partial charge in [0.1, 0.15) is 6.10 Å². The average molecular weight is 335 g/mol. The summed E-state index contributed by atoms with van der Waals surface area (Å²) >= 11 is 0. The predicted molar refractivity (Wildman–Crippen MR) is 97.7 cm³/mol. The van der Waals surface area contributed by atoms with Crippen molar-refractivity contribution in [3.63, 3.8) is 0 Å². The molecule has 0 amide bonds. The second-order valence-electron chi connectivity index (χ2n) is 6.17. The van der Waals surface area contributed by atoms with E-state index < -0.39 is 6.10 Å². The van der Waals surface area contributed by atoms with Gasteiger partial charge >= 0.3 is 0 Å². The van der Waals surface area contributed by atoms with Gasteiger partial charge < -0.3 is 20.1 Å². The lowest BCUT2D eigenvalue weighted by molar-refractivity contribution is 0.0450. The minimum Gasteiger partial charge on any atom is -0.394 e. The third-order valence-corrected chi connectivity index (χ3v) is 3.71. The molecule has 0 heterocycles. The number of aliphatic hydroxyl groups excluding tert-OH is 3. The molecule has 0 aromatic rings. The fourth-order valence-corrected chi connectivity index (χ4v) is 2.13. The number of aliphatic hydroxyl groups is 3. The molecule has 0 aromatic carbocycles. The van der Waals surface area contributed by atoms with E-state index in [1.807, 2.05) is 0 Å². The van der Waals surface area contributed by atoms with Crippen LogP contribution in [0.5, 0.6) is 0 Å². The van der Waals surface area contributed by atoms with Crippen LogP contribution >= 0.6 is 0 Å². The Labute approximate surface area is 144 Å². The molecule has 0 radical (unpaired) electrons. The maximum absolute atomic E-state index is 8.17. The van der Waals surface area contributed by atoms with E-state index in [1.54, 1.807) is 0 Å². The van der Waals surface area contributed by atoms with Crippen LogP contribution in [-0.2, 0) is 4.74 Å². The minimum absolute atomic E-state index is 0.365. The molecule has 0 aliphatic heterocycles. The summed E-state index contributed by atoms with van der Waals surface area (Å²) in [6, 6.07) is 0. The highest BCUT2D eigenvalue weighted by atomic mass is 16.5. The van der Waals surface area contributed by atoms with E-state index in [-0.39, 0.29) is 13.2 Å². The molecule has 4 nitrogen and oxygen atoms in total. The summed E-state index contributed by atoms with van der Waals surface area (Å²) in [6.07, 6.45) is 15.4. The predicted octanol–water partition coefficient (Wildman–Crippen LogP) is 4.06. The Morgan fingerprint density at radius 3 is 1.26 bits per heavy atom. The topological polar surface area (TPSA) is 69.9 Å². The van der Waals surface area contributed by atoms with Gasteiger partial charge in [0.2, 0.25) is 0 Å². The highest BCUT2D eigenvalue weighted by molar-refractivity contribution is 4.46. The molecule has 0 aliphatic carbocycles. The molecular formula is C19H42O4. The van der Waals surface area contributed by atoms with E-state index in [1.165, 1.54) is 77.0 Å². The summed E-state index contributed by atoms with van der Waals surface area (Å²) in [6.45, 7) is 5.78. The van der Waals surface area contributed by atoms with Crippen LogP contribution in [0.2, 0.25) is 0 Å². The number of hydrogen-bond donors (Lipinski definition) is 3. The standard InChI is InChI=1S/C16H34O.C3H8O3/c1-3-5-7-9-11-13-15-17-16-14-12-10-8-6-4-2;4-1-3(6)2-5/h3-16H2,1-2H3;3-6H,1-2H2. The largest absolute Gasteiger partial charge is 0.394 e. The molecule has 0 saturated carbocycles. The highest BCUT2D eigenvalue weighted by Crippen LogP contribution is 2.06. The molecule has 142 valence electrons. The van der Waals surface area contributed by atoms with E-state index >= 15 is 0 Å². The SMILES string of the molecule is CCCCCCCCOCCCCCCCC.OCC(O)CO. The zero-order valence-corrected chi connectivity index (χ0v) is 15.6. The number of ether oxygens (including phenoxy) is 1. The van der Waals surface area contributed by atoms with Crippen molar-refractivity contribution in [3.8, 4) is 0 Å². The maximum atomic E-state index is 8.17. The molecule has 0 bridgehead atoms. The average Bonchev–Trinajstić information content (AvgIpc) is 2.59. The molecule has 0 aromatic heterocycles. The van der Waals surface area contributed by atoms with Crippen molar-refractivity contribution in [3.05, 3.63) is 0 Å². The lowest BCUT2D eigenvalue weighted by atomic mass is 10.1. The Morgan fingerprint density at radius 1 is 0.609 bits per heavy atom. The van der Waals surface area contributed by atoms with Gasteiger partial charge in [-0.05, 0) is 12.8 Å². The fourth-order valence-electron chi connectivity index (χ4n) is 2.13. The first-order valence-electron chi connectivity index (χ1n) is 9.70. The minimum atomic E-state index is -0.954. The summed E-state index contributed by atoms with van der Waals surface area (Å²) < 4.78 is 5.65. The Bertz CT molecular complexity index is 170. The van der Waals surface area contributed by atoms with Crippen LogP contribution in [0, 0.1) is 0 Å². The Balaban J connectivity index is 0. The summed E-state index contributed by atoms with van der Waals surface area (Å²) in [5, 5.41) is 24.0. The van der Waals surface area contributed by atoms with Gasteiger partial charge in [-0.2, -0.15) is 0 Å². The van der Waals surface area contributed by atoms with Gasteiger partial charge in [0.25, 0.3) is 0 Å². The summed E-state index contributed by atoms with van der Waals surface area (Å²) in [5.74, 6) is 0. The molecule has 0 unspecified atom stereocenters. The van der Waals surface area contributed by atoms with Crippen LogP contribution in [0.25, 0.3) is 0 Å². The van der Waals surface area contributed by atoms with Gasteiger partial charge in [-0.15, -0.1) is 0 Å². The molecule has 0 rings (SSSR count). The van der Waals surface area contributed by atoms with Gasteiger partial charge in [-0.1, -0.05) is 78.1 Å². The second kappa shape index (κ2) is 24.1. The molecule has 0 fully saturated rings. The summed E-state index contributed by atoms with van der Waals surface area (Å²) in [5.41, 5.74) is 0. The first-order valence-corrected chi connectivity index (χ1v) is 9.70. The highest BCUT2D eigenvalue weighted by Gasteiger charge is 1.94. The fraction of sp³-hybridized carbons (Fsp3) is 1.00. The van der Waals surface area contributed by atoms with Crippen molar-refractivity contribution in [1.29, 1.82) is 0 Å². The lowest BCUT2D eigenvalue weighted by Gasteiger charge is -2.04. The Kier molecular flexibility index (Phi) is 26.3. The molecule has 23 heavy (non-hydrogen) atoms. The summed E-state index contributed by atoms with van der Waals surface area (Å²) in [4.78, 5) is 0. The number of rotatable bonds is 16. The molecule has 3 N–H and O–H groups in total. The van der Waals surface area contributed by atoms with Crippen LogP contribution in [0.4, 0.5) is 0 Å². The van der Waals surface area contributed by atoms with Crippen LogP contribution in [0.1, 0.15) is 90.9 Å². The van der Waals surface area contributed by atoms with Crippen LogP contribution in [-0.4, -0.2) is 47.9 Å². The Hall–Kier alpha value is -0.160. The van der Waals surface area contributed by atoms with Crippen molar-refractivity contribution in [2.45, 2.75) is 97.0 Å². The second-order valence-corrected chi connectivity index (χ2v) is 6.17. The molecule has 0 atom stereocenters. The van der Waals surface area contributed by atoms with Crippen molar-refractivity contribution in [2.75, 3.05) is 26.4 Å². The van der Waals surface area contributed by atoms with E-state index in [4.69, 9.17) is 20.1 Å². The van der Waals surface area contributed by atoms with Crippen molar-refractivity contribution >= 4 is 0 Å². The van der Waals surface area contributed by atoms with Gasteiger partial charge in [-0.25, -0.2) is 0 Å². The third kappa shape index (κ3) is 27.0. The van der Waals surface area contributed by atoms with E-state index in [0.29, 0.717) is 0 Å². The van der Waals surface area contributed by atoms with Crippen molar-refractivity contribution < 1.29 is 20.1 Å². The van der Waals surface area contributed by atoms with Crippen molar-refractivity contribution in [2.24, 2.45) is 0 Å². The smallest absolute Gasteiger partial charge is 0.100 e. The monoisotopic (exact) mass is 334 g/mol. The van der Waals surface area contributed by atoms with E-state index in [0.717, 1.165) is 13.2 Å². The zero-order chi connectivity index (χ0) is 17.6. The number of hydrogen-bond acceptors (Lipinski definition) is 4. The normalized spacial score (nSPS) is 10.7. The van der Waals surface area contributed by atoms with Gasteiger partial charge in [0.15, 0.2) is 0 Å². The molecule has 0 saturated heterocycles. The molecule has 0 aliphatic rings. The first kappa shape index (κ1) is 25.1. The van der Waals surface area contributed by atoms with Crippen molar-refractivity contribution in [1.82, 2.24) is 0 Å². The van der Waals surface area contributed by atoms with E-state index in [2.05, 4.69) is 13.8 Å². The van der Waals surface area contributed by atoms with Gasteiger partial charge in [0, 0.05) is 13.2 Å². The Morgan fingerprint density at radius 2 is 0.957 bits per heavy atom. The number of unbranched alkanes of at least 4 members (excludes halogenated alkanes) is 10. The zero-order valence-electron chi connectivity index (χ0n) is 15.6. The van der Waals surface area contributed by atoms with Gasteiger partial charge in [-0.3, -0.25) is 0 Å². The van der Waals surface area contributed by atoms with E-state index in [9.17, 15) is 0 Å². The summed E-state index contributed by atoms with van der Waals surface area (Å²) in [7, 11) is 0. The third-order valence-electron chi connectivity index (χ3n) is 3.71. The van der Waals surface area contributed by atoms with Gasteiger partial charge in [0.05, 0.1) is 13.2 Å². The molecular weight excluding hydrogens is 292 g/mol. The molecule has 0 spiro atoms.